The van der Waals surface area contributed by atoms with Gasteiger partial charge >= 0.3 is 5.97 Å². The molecule has 33 heavy (non-hydrogen) atoms. The molecule has 1 amide bonds. The first-order chi connectivity index (χ1) is 15.5. The number of carbonyl (C=O) groups excluding carboxylic acids is 2. The Balaban J connectivity index is 1.36. The van der Waals surface area contributed by atoms with Crippen molar-refractivity contribution in [1.29, 1.82) is 0 Å². The monoisotopic (exact) mass is 455 g/mol. The summed E-state index contributed by atoms with van der Waals surface area (Å²) in [4.78, 5) is 37.5. The van der Waals surface area contributed by atoms with E-state index in [1.165, 1.54) is 19.2 Å². The van der Waals surface area contributed by atoms with Gasteiger partial charge in [0.25, 0.3) is 0 Å². The van der Waals surface area contributed by atoms with Crippen LogP contribution >= 0.6 is 0 Å². The van der Waals surface area contributed by atoms with Crippen molar-refractivity contribution in [2.75, 3.05) is 12.4 Å². The molecular formula is C25H29NO7. The molecule has 3 aliphatic carbocycles. The molecule has 0 aromatic heterocycles. The number of nitrogens with one attached hydrogen (secondary N) is 1. The van der Waals surface area contributed by atoms with Crippen molar-refractivity contribution >= 4 is 23.3 Å². The van der Waals surface area contributed by atoms with Crippen molar-refractivity contribution in [2.45, 2.75) is 57.7 Å². The standard InChI is InChI=1S/C25H29NO7/c1-23(8-7-18(29)26-19-15(27)5-4-14(22(30)31)20(19)32-3)17(28)6-9-25-11-13-10-16(21(23)25)33-24(13,2)12-25/h4-6,9,13,16,21,27H,7-8,10-12H2,1-3H3,(H,26,29)(H,30,31)/t13-,16+,21+,23-,24+,25+/m1/s1. The van der Waals surface area contributed by atoms with Gasteiger partial charge in [-0.25, -0.2) is 4.79 Å². The number of phenols is 1. The lowest BCUT2D eigenvalue weighted by molar-refractivity contribution is -0.169. The van der Waals surface area contributed by atoms with Crippen LogP contribution in [0.1, 0.15) is 56.3 Å². The van der Waals surface area contributed by atoms with Crippen molar-refractivity contribution < 1.29 is 34.1 Å². The number of hydrogen-bond acceptors (Lipinski definition) is 6. The van der Waals surface area contributed by atoms with E-state index in [1.54, 1.807) is 6.08 Å². The molecule has 1 spiro atoms. The lowest BCUT2D eigenvalue weighted by Crippen LogP contribution is -2.56. The minimum absolute atomic E-state index is 0.0147. The van der Waals surface area contributed by atoms with E-state index in [2.05, 4.69) is 18.3 Å². The number of ketones is 1. The van der Waals surface area contributed by atoms with Gasteiger partial charge in [0.2, 0.25) is 5.91 Å². The molecule has 6 atom stereocenters. The maximum atomic E-state index is 13.1. The number of carboxylic acids is 1. The zero-order chi connectivity index (χ0) is 23.8. The zero-order valence-corrected chi connectivity index (χ0v) is 19.0. The van der Waals surface area contributed by atoms with Crippen LogP contribution in [0.2, 0.25) is 0 Å². The number of aromatic hydroxyl groups is 1. The highest BCUT2D eigenvalue weighted by molar-refractivity contribution is 6.00. The molecule has 4 fully saturated rings. The third kappa shape index (κ3) is 3.03. The van der Waals surface area contributed by atoms with Gasteiger partial charge in [0.1, 0.15) is 17.0 Å². The predicted octanol–water partition coefficient (Wildman–Crippen LogP) is 3.54. The second-order valence-electron chi connectivity index (χ2n) is 10.5. The summed E-state index contributed by atoms with van der Waals surface area (Å²) < 4.78 is 11.6. The van der Waals surface area contributed by atoms with Gasteiger partial charge in [-0.3, -0.25) is 9.59 Å². The van der Waals surface area contributed by atoms with Crippen LogP contribution in [0.15, 0.2) is 24.3 Å². The average molecular weight is 456 g/mol. The summed E-state index contributed by atoms with van der Waals surface area (Å²) in [6.45, 7) is 4.13. The number of phenolic OH excluding ortho intramolecular Hbond substituents is 1. The fraction of sp³-hybridized carbons (Fsp3) is 0.560. The van der Waals surface area contributed by atoms with Crippen molar-refractivity contribution in [3.8, 4) is 11.5 Å². The number of aromatic carboxylic acids is 1. The van der Waals surface area contributed by atoms with Gasteiger partial charge in [-0.1, -0.05) is 13.0 Å². The van der Waals surface area contributed by atoms with Crippen molar-refractivity contribution in [3.63, 3.8) is 0 Å². The lowest BCUT2D eigenvalue weighted by Gasteiger charge is -2.55. The van der Waals surface area contributed by atoms with E-state index in [9.17, 15) is 24.6 Å². The number of amides is 1. The van der Waals surface area contributed by atoms with E-state index in [0.29, 0.717) is 12.3 Å². The van der Waals surface area contributed by atoms with Crippen molar-refractivity contribution in [3.05, 3.63) is 29.8 Å². The minimum Gasteiger partial charge on any atom is -0.506 e. The molecule has 2 aliphatic heterocycles. The normalized spacial score (nSPS) is 37.8. The first-order valence-corrected chi connectivity index (χ1v) is 11.4. The van der Waals surface area contributed by atoms with Crippen molar-refractivity contribution in [2.24, 2.45) is 22.7 Å². The van der Waals surface area contributed by atoms with Gasteiger partial charge in [0.15, 0.2) is 11.5 Å². The van der Waals surface area contributed by atoms with Gasteiger partial charge in [-0.2, -0.15) is 0 Å². The number of benzene rings is 1. The minimum atomic E-state index is -1.24. The summed E-state index contributed by atoms with van der Waals surface area (Å²) >= 11 is 0. The second kappa shape index (κ2) is 7.06. The fourth-order valence-corrected chi connectivity index (χ4v) is 7.29. The van der Waals surface area contributed by atoms with E-state index in [4.69, 9.17) is 9.47 Å². The molecule has 6 rings (SSSR count). The molecule has 8 heteroatoms. The molecule has 8 nitrogen and oxygen atoms in total. The molecule has 5 aliphatic rings. The van der Waals surface area contributed by atoms with Gasteiger partial charge in [-0.05, 0) is 62.1 Å². The molecule has 2 saturated heterocycles. The Hall–Kier alpha value is -2.87. The number of hydrogen-bond donors (Lipinski definition) is 3. The van der Waals surface area contributed by atoms with E-state index in [0.717, 1.165) is 19.3 Å². The smallest absolute Gasteiger partial charge is 0.339 e. The maximum absolute atomic E-state index is 13.1. The molecule has 2 saturated carbocycles. The van der Waals surface area contributed by atoms with Crippen LogP contribution in [0.25, 0.3) is 0 Å². The lowest BCUT2D eigenvalue weighted by atomic mass is 9.51. The topological polar surface area (TPSA) is 122 Å². The van der Waals surface area contributed by atoms with Gasteiger partial charge < -0.3 is 25.0 Å². The molecule has 2 heterocycles. The number of ether oxygens (including phenoxy) is 2. The predicted molar refractivity (Wildman–Crippen MR) is 118 cm³/mol. The summed E-state index contributed by atoms with van der Waals surface area (Å²) in [5.41, 5.74) is -1.17. The third-order valence-electron chi connectivity index (χ3n) is 8.62. The molecule has 0 radical (unpaired) electrons. The Kier molecular flexibility index (Phi) is 4.70. The molecule has 1 aromatic rings. The van der Waals surface area contributed by atoms with Crippen LogP contribution in [0.5, 0.6) is 11.5 Å². The Morgan fingerprint density at radius 2 is 2.06 bits per heavy atom. The Bertz CT molecular complexity index is 1100. The van der Waals surface area contributed by atoms with Gasteiger partial charge in [0.05, 0.1) is 18.8 Å². The maximum Gasteiger partial charge on any atom is 0.339 e. The SMILES string of the molecule is COc1c(C(=O)O)ccc(O)c1NC(=O)CC[C@]1(C)C(=O)C=C[C@]23C[C@H]4C[C@H](O[C@@]4(C)C2)[C@H]31. The number of allylic oxidation sites excluding steroid dienone is 2. The third-order valence-corrected chi connectivity index (χ3v) is 8.62. The molecule has 176 valence electrons. The van der Waals surface area contributed by atoms with Crippen LogP contribution in [0.3, 0.4) is 0 Å². The number of rotatable bonds is 6. The number of carbonyl (C=O) groups is 3. The highest BCUT2D eigenvalue weighted by Gasteiger charge is 2.71. The van der Waals surface area contributed by atoms with Crippen LogP contribution in [0.4, 0.5) is 5.69 Å². The summed E-state index contributed by atoms with van der Waals surface area (Å²) in [6.07, 6.45) is 7.08. The summed E-state index contributed by atoms with van der Waals surface area (Å²) in [7, 11) is 1.27. The second-order valence-corrected chi connectivity index (χ2v) is 10.5. The summed E-state index contributed by atoms with van der Waals surface area (Å²) in [5, 5.41) is 22.2. The first kappa shape index (κ1) is 21.9. The summed E-state index contributed by atoms with van der Waals surface area (Å²) in [6, 6.07) is 2.41. The number of methoxy groups -OCH3 is 1. The molecular weight excluding hydrogens is 426 g/mol. The number of carboxylic acid groups (broad SMARTS) is 1. The molecule has 3 N–H and O–H groups in total. The first-order valence-electron chi connectivity index (χ1n) is 11.4. The largest absolute Gasteiger partial charge is 0.506 e. The van der Waals surface area contributed by atoms with Crippen molar-refractivity contribution in [1.82, 2.24) is 0 Å². The van der Waals surface area contributed by atoms with E-state index in [1.807, 2.05) is 6.92 Å². The van der Waals surface area contributed by atoms with Gasteiger partial charge in [0, 0.05) is 17.8 Å². The molecule has 1 aromatic carbocycles. The highest BCUT2D eigenvalue weighted by Crippen LogP contribution is 2.71. The zero-order valence-electron chi connectivity index (χ0n) is 19.0. The fourth-order valence-electron chi connectivity index (χ4n) is 7.29. The summed E-state index contributed by atoms with van der Waals surface area (Å²) in [5.74, 6) is -1.52. The quantitative estimate of drug-likeness (QED) is 0.561. The van der Waals surface area contributed by atoms with Crippen LogP contribution in [-0.4, -0.2) is 46.7 Å². The van der Waals surface area contributed by atoms with Gasteiger partial charge in [-0.15, -0.1) is 0 Å². The van der Waals surface area contributed by atoms with E-state index < -0.39 is 17.3 Å². The average Bonchev–Trinajstić information content (AvgIpc) is 3.12. The molecule has 4 bridgehead atoms. The Morgan fingerprint density at radius 1 is 1.30 bits per heavy atom. The molecule has 0 unspecified atom stereocenters. The van der Waals surface area contributed by atoms with E-state index >= 15 is 0 Å². The highest BCUT2D eigenvalue weighted by atomic mass is 16.5. The Morgan fingerprint density at radius 3 is 2.73 bits per heavy atom. The van der Waals surface area contributed by atoms with Crippen LogP contribution in [0, 0.1) is 22.7 Å². The van der Waals surface area contributed by atoms with Crippen LogP contribution < -0.4 is 10.1 Å². The van der Waals surface area contributed by atoms with E-state index in [-0.39, 0.29) is 58.0 Å². The van der Waals surface area contributed by atoms with Crippen LogP contribution in [-0.2, 0) is 14.3 Å². The Labute approximate surface area is 192 Å². The number of anilines is 1.